The minimum absolute atomic E-state index is 0.452. The molecule has 7 nitrogen and oxygen atoms in total. The second-order valence-electron chi connectivity index (χ2n) is 6.47. The van der Waals surface area contributed by atoms with E-state index in [4.69, 9.17) is 16.9 Å². The summed E-state index contributed by atoms with van der Waals surface area (Å²) < 4.78 is 3.38. The van der Waals surface area contributed by atoms with Gasteiger partial charge in [-0.3, -0.25) is 0 Å². The number of hydrogen-bond donors (Lipinski definition) is 0. The first-order chi connectivity index (χ1) is 13.6. The standard InChI is InChI=1S/C20H16ClN7/c1-13-4-3-5-14(2)18(13)28-19(21)17(11-23-28)20-24-25-26-27(20)12-16-8-6-15(10-22)7-9-16/h3-9,11H,12H2,1-2H3. The summed E-state index contributed by atoms with van der Waals surface area (Å²) in [7, 11) is 0. The highest BCUT2D eigenvalue weighted by Crippen LogP contribution is 2.30. The Bertz CT molecular complexity index is 1160. The largest absolute Gasteiger partial charge is 0.221 e. The number of nitrogens with zero attached hydrogens (tertiary/aromatic N) is 7. The van der Waals surface area contributed by atoms with Crippen molar-refractivity contribution in [1.29, 1.82) is 5.26 Å². The molecule has 0 saturated carbocycles. The molecule has 0 saturated heterocycles. The van der Waals surface area contributed by atoms with Crippen molar-refractivity contribution >= 4 is 11.6 Å². The van der Waals surface area contributed by atoms with E-state index in [9.17, 15) is 0 Å². The molecule has 0 radical (unpaired) electrons. The van der Waals surface area contributed by atoms with E-state index in [1.54, 1.807) is 27.7 Å². The number of halogens is 1. The van der Waals surface area contributed by atoms with Crippen LogP contribution >= 0.6 is 11.6 Å². The maximum Gasteiger partial charge on any atom is 0.187 e. The van der Waals surface area contributed by atoms with Gasteiger partial charge in [-0.1, -0.05) is 41.9 Å². The molecule has 0 unspecified atom stereocenters. The van der Waals surface area contributed by atoms with Crippen LogP contribution in [0.15, 0.2) is 48.7 Å². The van der Waals surface area contributed by atoms with Crippen LogP contribution in [0.2, 0.25) is 5.15 Å². The molecule has 0 atom stereocenters. The van der Waals surface area contributed by atoms with Crippen LogP contribution in [0.25, 0.3) is 17.1 Å². The number of benzene rings is 2. The van der Waals surface area contributed by atoms with Crippen molar-refractivity contribution < 1.29 is 0 Å². The molecule has 0 amide bonds. The smallest absolute Gasteiger partial charge is 0.187 e. The van der Waals surface area contributed by atoms with Gasteiger partial charge < -0.3 is 0 Å². The summed E-state index contributed by atoms with van der Waals surface area (Å²) >= 11 is 6.66. The lowest BCUT2D eigenvalue weighted by atomic mass is 10.1. The average Bonchev–Trinajstić information content (AvgIpc) is 3.29. The average molecular weight is 390 g/mol. The van der Waals surface area contributed by atoms with E-state index in [1.165, 1.54) is 0 Å². The summed E-state index contributed by atoms with van der Waals surface area (Å²) in [5.41, 5.74) is 5.35. The summed E-state index contributed by atoms with van der Waals surface area (Å²) in [5.74, 6) is 0.534. The van der Waals surface area contributed by atoms with Gasteiger partial charge in [-0.05, 0) is 53.1 Å². The summed E-state index contributed by atoms with van der Waals surface area (Å²) in [4.78, 5) is 0. The molecule has 0 N–H and O–H groups in total. The number of aryl methyl sites for hydroxylation is 2. The number of aromatic nitrogens is 6. The third-order valence-corrected chi connectivity index (χ3v) is 4.91. The van der Waals surface area contributed by atoms with Crippen molar-refractivity contribution in [2.24, 2.45) is 0 Å². The van der Waals surface area contributed by atoms with Gasteiger partial charge in [0, 0.05) is 0 Å². The maximum absolute atomic E-state index is 8.93. The lowest BCUT2D eigenvalue weighted by Crippen LogP contribution is -2.05. The van der Waals surface area contributed by atoms with Crippen LogP contribution in [0.5, 0.6) is 0 Å². The third kappa shape index (κ3) is 3.15. The number of hydrogen-bond acceptors (Lipinski definition) is 5. The molecule has 2 aromatic heterocycles. The normalized spacial score (nSPS) is 10.8. The van der Waals surface area contributed by atoms with Crippen molar-refractivity contribution in [2.75, 3.05) is 0 Å². The van der Waals surface area contributed by atoms with E-state index in [1.807, 2.05) is 44.2 Å². The van der Waals surface area contributed by atoms with Gasteiger partial charge in [-0.15, -0.1) is 5.10 Å². The van der Waals surface area contributed by atoms with Crippen LogP contribution in [0, 0.1) is 25.2 Å². The number of nitriles is 1. The Kier molecular flexibility index (Phi) is 4.63. The summed E-state index contributed by atoms with van der Waals surface area (Å²) in [6.45, 7) is 4.50. The van der Waals surface area contributed by atoms with Crippen molar-refractivity contribution in [2.45, 2.75) is 20.4 Å². The topological polar surface area (TPSA) is 85.2 Å². The molecule has 0 aliphatic heterocycles. The molecule has 8 heteroatoms. The first-order valence-electron chi connectivity index (χ1n) is 8.64. The molecule has 0 aliphatic rings. The van der Waals surface area contributed by atoms with Gasteiger partial charge in [0.2, 0.25) is 0 Å². The quantitative estimate of drug-likeness (QED) is 0.531. The van der Waals surface area contributed by atoms with E-state index < -0.39 is 0 Å². The van der Waals surface area contributed by atoms with Crippen molar-refractivity contribution in [3.05, 3.63) is 76.1 Å². The summed E-state index contributed by atoms with van der Waals surface area (Å²) in [6, 6.07) is 15.5. The predicted octanol–water partition coefficient (Wildman–Crippen LogP) is 3.72. The lowest BCUT2D eigenvalue weighted by molar-refractivity contribution is 0.653. The molecule has 2 aromatic carbocycles. The van der Waals surface area contributed by atoms with Crippen molar-refractivity contribution in [3.63, 3.8) is 0 Å². The van der Waals surface area contributed by atoms with Crippen LogP contribution < -0.4 is 0 Å². The second-order valence-corrected chi connectivity index (χ2v) is 6.83. The van der Waals surface area contributed by atoms with E-state index >= 15 is 0 Å². The molecule has 0 fully saturated rings. The highest BCUT2D eigenvalue weighted by molar-refractivity contribution is 6.32. The molecule has 0 spiro atoms. The fraction of sp³-hybridized carbons (Fsp3) is 0.150. The van der Waals surface area contributed by atoms with Crippen LogP contribution in [0.1, 0.15) is 22.3 Å². The fourth-order valence-corrected chi connectivity index (χ4v) is 3.40. The van der Waals surface area contributed by atoms with Crippen LogP contribution in [-0.4, -0.2) is 30.0 Å². The van der Waals surface area contributed by atoms with E-state index in [-0.39, 0.29) is 0 Å². The Morgan fingerprint density at radius 1 is 1.07 bits per heavy atom. The van der Waals surface area contributed by atoms with Crippen LogP contribution in [0.4, 0.5) is 0 Å². The van der Waals surface area contributed by atoms with E-state index in [2.05, 4.69) is 26.7 Å². The first-order valence-corrected chi connectivity index (χ1v) is 9.02. The molecule has 2 heterocycles. The molecule has 138 valence electrons. The van der Waals surface area contributed by atoms with Crippen molar-refractivity contribution in [1.82, 2.24) is 30.0 Å². The Hall–Kier alpha value is -3.50. The van der Waals surface area contributed by atoms with Gasteiger partial charge in [0.05, 0.1) is 35.6 Å². The minimum atomic E-state index is 0.452. The van der Waals surface area contributed by atoms with Gasteiger partial charge in [0.15, 0.2) is 5.82 Å². The number of tetrazole rings is 1. The lowest BCUT2D eigenvalue weighted by Gasteiger charge is -2.11. The monoisotopic (exact) mass is 389 g/mol. The third-order valence-electron chi connectivity index (χ3n) is 4.55. The first kappa shape index (κ1) is 17.9. The number of rotatable bonds is 4. The molecular formula is C20H16ClN7. The Morgan fingerprint density at radius 2 is 1.79 bits per heavy atom. The second kappa shape index (κ2) is 7.25. The number of para-hydroxylation sites is 1. The van der Waals surface area contributed by atoms with Gasteiger partial charge in [-0.25, -0.2) is 9.36 Å². The molecule has 0 aliphatic carbocycles. The van der Waals surface area contributed by atoms with Crippen LogP contribution in [-0.2, 0) is 6.54 Å². The van der Waals surface area contributed by atoms with Gasteiger partial charge in [0.25, 0.3) is 0 Å². The molecule has 0 bridgehead atoms. The maximum atomic E-state index is 8.93. The van der Waals surface area contributed by atoms with E-state index in [0.29, 0.717) is 28.6 Å². The van der Waals surface area contributed by atoms with Gasteiger partial charge >= 0.3 is 0 Å². The minimum Gasteiger partial charge on any atom is -0.221 e. The molecule has 4 rings (SSSR count). The Labute approximate surface area is 166 Å². The zero-order valence-electron chi connectivity index (χ0n) is 15.3. The molecule has 28 heavy (non-hydrogen) atoms. The fourth-order valence-electron chi connectivity index (χ4n) is 3.14. The zero-order chi connectivity index (χ0) is 19.7. The Morgan fingerprint density at radius 3 is 2.46 bits per heavy atom. The molecule has 4 aromatic rings. The zero-order valence-corrected chi connectivity index (χ0v) is 16.1. The predicted molar refractivity (Wildman–Crippen MR) is 105 cm³/mol. The SMILES string of the molecule is Cc1cccc(C)c1-n1ncc(-c2nnnn2Cc2ccc(C#N)cc2)c1Cl. The van der Waals surface area contributed by atoms with Gasteiger partial charge in [0.1, 0.15) is 5.15 Å². The van der Waals surface area contributed by atoms with Crippen LogP contribution in [0.3, 0.4) is 0 Å². The highest BCUT2D eigenvalue weighted by Gasteiger charge is 2.19. The Balaban J connectivity index is 1.71. The van der Waals surface area contributed by atoms with E-state index in [0.717, 1.165) is 22.4 Å². The molecular weight excluding hydrogens is 374 g/mol. The van der Waals surface area contributed by atoms with Crippen molar-refractivity contribution in [3.8, 4) is 23.1 Å². The summed E-state index contributed by atoms with van der Waals surface area (Å²) in [5, 5.41) is 25.9. The van der Waals surface area contributed by atoms with Gasteiger partial charge in [-0.2, -0.15) is 10.4 Å². The highest BCUT2D eigenvalue weighted by atomic mass is 35.5. The summed E-state index contributed by atoms with van der Waals surface area (Å²) in [6.07, 6.45) is 1.68.